The van der Waals surface area contributed by atoms with Gasteiger partial charge in [0, 0.05) is 12.2 Å². The van der Waals surface area contributed by atoms with Crippen LogP contribution in [0.25, 0.3) is 0 Å². The van der Waals surface area contributed by atoms with Gasteiger partial charge in [0.1, 0.15) is 0 Å². The van der Waals surface area contributed by atoms with Crippen molar-refractivity contribution >= 4 is 0 Å². The molecule has 0 bridgehead atoms. The molecule has 0 N–H and O–H groups in total. The second-order valence-corrected chi connectivity index (χ2v) is 3.18. The Hall–Kier alpha value is -0.790. The van der Waals surface area contributed by atoms with Gasteiger partial charge in [0.2, 0.25) is 0 Å². The van der Waals surface area contributed by atoms with Gasteiger partial charge in [-0.25, -0.2) is 0 Å². The highest BCUT2D eigenvalue weighted by atomic mass is 15.3. The Morgan fingerprint density at radius 2 is 1.92 bits per heavy atom. The molecule has 0 fully saturated rings. The number of hydrogen-bond donors (Lipinski definition) is 0. The van der Waals surface area contributed by atoms with Crippen molar-refractivity contribution in [1.29, 1.82) is 0 Å². The average molecular weight is 182 g/mol. The van der Waals surface area contributed by atoms with Gasteiger partial charge in [-0.2, -0.15) is 5.10 Å². The fraction of sp³-hybridized carbons (Fsp3) is 0.727. The zero-order valence-electron chi connectivity index (χ0n) is 9.76. The van der Waals surface area contributed by atoms with Crippen LogP contribution in [-0.2, 0) is 6.54 Å². The fourth-order valence-corrected chi connectivity index (χ4v) is 1.14. The minimum atomic E-state index is 0.543. The summed E-state index contributed by atoms with van der Waals surface area (Å²) in [5, 5.41) is 4.44. The monoisotopic (exact) mass is 182 g/mol. The molecule has 0 amide bonds. The van der Waals surface area contributed by atoms with E-state index in [0.29, 0.717) is 5.92 Å². The lowest BCUT2D eigenvalue weighted by molar-refractivity contribution is 0.620. The summed E-state index contributed by atoms with van der Waals surface area (Å²) in [4.78, 5) is 0. The molecule has 1 aromatic rings. The zero-order valence-corrected chi connectivity index (χ0v) is 9.76. The van der Waals surface area contributed by atoms with Crippen LogP contribution in [0.2, 0.25) is 0 Å². The molecule has 13 heavy (non-hydrogen) atoms. The number of rotatable bonds is 2. The van der Waals surface area contributed by atoms with E-state index in [1.807, 2.05) is 18.5 Å². The maximum atomic E-state index is 4.44. The van der Waals surface area contributed by atoms with Crippen LogP contribution in [0.4, 0.5) is 0 Å². The van der Waals surface area contributed by atoms with E-state index in [1.165, 1.54) is 11.4 Å². The van der Waals surface area contributed by atoms with Crippen molar-refractivity contribution in [2.75, 3.05) is 0 Å². The van der Waals surface area contributed by atoms with E-state index in [1.54, 1.807) is 0 Å². The summed E-state index contributed by atoms with van der Waals surface area (Å²) in [5.74, 6) is 0.543. The lowest BCUT2D eigenvalue weighted by Crippen LogP contribution is -1.99. The maximum absolute atomic E-state index is 4.44. The molecule has 2 nitrogen and oxygen atoms in total. The number of hydrogen-bond acceptors (Lipinski definition) is 1. The summed E-state index contributed by atoms with van der Waals surface area (Å²) in [6, 6.07) is 2.16. The fourth-order valence-electron chi connectivity index (χ4n) is 1.14. The highest BCUT2D eigenvalue weighted by molar-refractivity contribution is 5.11. The highest BCUT2D eigenvalue weighted by Gasteiger charge is 2.05. The molecule has 0 aromatic carbocycles. The molecular weight excluding hydrogens is 160 g/mol. The van der Waals surface area contributed by atoms with E-state index in [4.69, 9.17) is 0 Å². The van der Waals surface area contributed by atoms with E-state index in [0.717, 1.165) is 6.54 Å². The largest absolute Gasteiger partial charge is 0.270 e. The molecule has 0 aliphatic heterocycles. The Labute approximate surface area is 82.0 Å². The smallest absolute Gasteiger partial charge is 0.0652 e. The third-order valence-corrected chi connectivity index (χ3v) is 1.89. The van der Waals surface area contributed by atoms with Gasteiger partial charge in [-0.15, -0.1) is 0 Å². The molecule has 0 aliphatic carbocycles. The molecule has 0 aliphatic rings. The van der Waals surface area contributed by atoms with Gasteiger partial charge < -0.3 is 0 Å². The van der Waals surface area contributed by atoms with Crippen molar-refractivity contribution in [2.45, 2.75) is 54.0 Å². The van der Waals surface area contributed by atoms with Crippen molar-refractivity contribution < 1.29 is 0 Å². The minimum absolute atomic E-state index is 0.543. The van der Waals surface area contributed by atoms with Gasteiger partial charge in [-0.05, 0) is 25.8 Å². The van der Waals surface area contributed by atoms with Crippen LogP contribution in [0.3, 0.4) is 0 Å². The van der Waals surface area contributed by atoms with E-state index < -0.39 is 0 Å². The molecule has 0 unspecified atom stereocenters. The summed E-state index contributed by atoms with van der Waals surface area (Å²) in [6.45, 7) is 13.5. The van der Waals surface area contributed by atoms with Crippen molar-refractivity contribution in [3.63, 3.8) is 0 Å². The van der Waals surface area contributed by atoms with E-state index >= 15 is 0 Å². The molecule has 0 saturated heterocycles. The molecule has 0 saturated carbocycles. The van der Waals surface area contributed by atoms with Crippen LogP contribution in [0, 0.1) is 6.92 Å². The summed E-state index contributed by atoms with van der Waals surface area (Å²) in [5.41, 5.74) is 2.46. The van der Waals surface area contributed by atoms with Crippen molar-refractivity contribution in [1.82, 2.24) is 9.78 Å². The Kier molecular flexibility index (Phi) is 5.44. The molecule has 0 spiro atoms. The summed E-state index contributed by atoms with van der Waals surface area (Å²) >= 11 is 0. The lowest BCUT2D eigenvalue weighted by atomic mass is 10.1. The molecule has 0 radical (unpaired) electrons. The maximum Gasteiger partial charge on any atom is 0.0652 e. The quantitative estimate of drug-likeness (QED) is 0.685. The number of nitrogens with zero attached hydrogens (tertiary/aromatic N) is 2. The van der Waals surface area contributed by atoms with Crippen LogP contribution >= 0.6 is 0 Å². The van der Waals surface area contributed by atoms with E-state index in [-0.39, 0.29) is 0 Å². The molecule has 1 rings (SSSR count). The van der Waals surface area contributed by atoms with Crippen LogP contribution in [-0.4, -0.2) is 9.78 Å². The van der Waals surface area contributed by atoms with Crippen LogP contribution < -0.4 is 0 Å². The Balaban J connectivity index is 0.000000671. The first-order valence-corrected chi connectivity index (χ1v) is 5.19. The predicted octanol–water partition coefficient (Wildman–Crippen LogP) is 3.36. The third-order valence-electron chi connectivity index (χ3n) is 1.89. The summed E-state index contributed by atoms with van der Waals surface area (Å²) in [6.07, 6.45) is 0. The second kappa shape index (κ2) is 5.79. The lowest BCUT2D eigenvalue weighted by Gasteiger charge is -1.98. The Morgan fingerprint density at radius 3 is 2.15 bits per heavy atom. The van der Waals surface area contributed by atoms with Crippen molar-refractivity contribution in [3.05, 3.63) is 17.5 Å². The first kappa shape index (κ1) is 12.2. The van der Waals surface area contributed by atoms with E-state index in [2.05, 4.69) is 38.9 Å². The van der Waals surface area contributed by atoms with Gasteiger partial charge in [0.15, 0.2) is 0 Å². The van der Waals surface area contributed by atoms with Crippen molar-refractivity contribution in [2.24, 2.45) is 0 Å². The SMILES string of the molecule is CC.CCn1nc(C(C)C)cc1C. The molecule has 1 aromatic heterocycles. The zero-order chi connectivity index (χ0) is 10.4. The Morgan fingerprint density at radius 1 is 1.38 bits per heavy atom. The van der Waals surface area contributed by atoms with Crippen LogP contribution in [0.5, 0.6) is 0 Å². The average Bonchev–Trinajstić information content (AvgIpc) is 2.50. The van der Waals surface area contributed by atoms with E-state index in [9.17, 15) is 0 Å². The molecular formula is C11H22N2. The molecule has 1 heterocycles. The third kappa shape index (κ3) is 3.21. The minimum Gasteiger partial charge on any atom is -0.270 e. The second-order valence-electron chi connectivity index (χ2n) is 3.18. The number of aryl methyl sites for hydroxylation is 2. The topological polar surface area (TPSA) is 17.8 Å². The normalized spacial score (nSPS) is 9.77. The predicted molar refractivity (Wildman–Crippen MR) is 58.1 cm³/mol. The first-order valence-electron chi connectivity index (χ1n) is 5.19. The summed E-state index contributed by atoms with van der Waals surface area (Å²) in [7, 11) is 0. The highest BCUT2D eigenvalue weighted by Crippen LogP contribution is 2.13. The van der Waals surface area contributed by atoms with Gasteiger partial charge in [-0.3, -0.25) is 4.68 Å². The van der Waals surface area contributed by atoms with Crippen molar-refractivity contribution in [3.8, 4) is 0 Å². The van der Waals surface area contributed by atoms with Gasteiger partial charge in [0.25, 0.3) is 0 Å². The first-order chi connectivity index (χ1) is 6.15. The Bertz CT molecular complexity index is 236. The molecule has 2 heteroatoms. The number of aromatic nitrogens is 2. The molecule has 76 valence electrons. The van der Waals surface area contributed by atoms with Gasteiger partial charge in [-0.1, -0.05) is 27.7 Å². The van der Waals surface area contributed by atoms with Gasteiger partial charge >= 0.3 is 0 Å². The summed E-state index contributed by atoms with van der Waals surface area (Å²) < 4.78 is 2.04. The van der Waals surface area contributed by atoms with Crippen LogP contribution in [0.1, 0.15) is 51.9 Å². The molecule has 0 atom stereocenters. The van der Waals surface area contributed by atoms with Gasteiger partial charge in [0.05, 0.1) is 5.69 Å². The standard InChI is InChI=1S/C9H16N2.C2H6/c1-5-11-8(4)6-9(10-11)7(2)3;1-2/h6-7H,5H2,1-4H3;1-2H3. The van der Waals surface area contributed by atoms with Crippen LogP contribution in [0.15, 0.2) is 6.07 Å².